The molecule has 0 aliphatic carbocycles. The summed E-state index contributed by atoms with van der Waals surface area (Å²) in [4.78, 5) is 1.94. The average molecular weight is 299 g/mol. The van der Waals surface area contributed by atoms with Crippen molar-refractivity contribution in [3.05, 3.63) is 52.3 Å². The Morgan fingerprint density at radius 3 is 2.26 bits per heavy atom. The number of hydrogen-bond acceptors (Lipinski definition) is 2. The van der Waals surface area contributed by atoms with Crippen molar-refractivity contribution in [2.75, 3.05) is 17.2 Å². The highest BCUT2D eigenvalue weighted by Gasteiger charge is 2.13. The smallest absolute Gasteiger partial charge is 0.123 e. The third-order valence-corrected chi connectivity index (χ3v) is 3.54. The minimum absolute atomic E-state index is 0.276. The first-order valence-corrected chi connectivity index (χ1v) is 6.56. The first kappa shape index (κ1) is 14.0. The second-order valence-electron chi connectivity index (χ2n) is 4.05. The molecule has 0 heterocycles. The molecule has 0 aliphatic heterocycles. The van der Waals surface area contributed by atoms with Crippen LogP contribution in [0.1, 0.15) is 6.92 Å². The summed E-state index contributed by atoms with van der Waals surface area (Å²) in [6.45, 7) is 2.65. The van der Waals surface area contributed by atoms with E-state index in [1.54, 1.807) is 24.3 Å². The summed E-state index contributed by atoms with van der Waals surface area (Å²) in [5, 5.41) is 0.851. The second-order valence-corrected chi connectivity index (χ2v) is 4.86. The van der Waals surface area contributed by atoms with Gasteiger partial charge in [0, 0.05) is 12.2 Å². The Bertz CT molecular complexity index is 585. The molecule has 2 aromatic rings. The van der Waals surface area contributed by atoms with E-state index in [0.717, 1.165) is 11.4 Å². The Balaban J connectivity index is 2.47. The van der Waals surface area contributed by atoms with Gasteiger partial charge >= 0.3 is 0 Å². The maximum absolute atomic E-state index is 13.0. The van der Waals surface area contributed by atoms with Crippen molar-refractivity contribution in [2.24, 2.45) is 0 Å². The Kier molecular flexibility index (Phi) is 4.17. The fourth-order valence-electron chi connectivity index (χ4n) is 1.90. The predicted molar refractivity (Wildman–Crippen MR) is 80.0 cm³/mol. The standard InChI is InChI=1S/C14H13Cl2FN2/c1-2-19(10-5-3-9(17)4-6-10)14-8-12(16)11(15)7-13(14)18/h3-8H,2,18H2,1H3. The highest BCUT2D eigenvalue weighted by atomic mass is 35.5. The largest absolute Gasteiger partial charge is 0.397 e. The molecule has 0 amide bonds. The Morgan fingerprint density at radius 1 is 1.11 bits per heavy atom. The van der Waals surface area contributed by atoms with Crippen molar-refractivity contribution in [3.63, 3.8) is 0 Å². The molecular weight excluding hydrogens is 286 g/mol. The van der Waals surface area contributed by atoms with E-state index < -0.39 is 0 Å². The first-order valence-electron chi connectivity index (χ1n) is 5.80. The summed E-state index contributed by atoms with van der Waals surface area (Å²) in [5.41, 5.74) is 8.10. The van der Waals surface area contributed by atoms with Gasteiger partial charge in [-0.1, -0.05) is 23.2 Å². The molecule has 2 nitrogen and oxygen atoms in total. The van der Waals surface area contributed by atoms with Crippen LogP contribution in [0.4, 0.5) is 21.5 Å². The second kappa shape index (κ2) is 5.68. The van der Waals surface area contributed by atoms with Crippen LogP contribution in [0, 0.1) is 5.82 Å². The SMILES string of the molecule is CCN(c1ccc(F)cc1)c1cc(Cl)c(Cl)cc1N. The topological polar surface area (TPSA) is 29.3 Å². The Hall–Kier alpha value is -1.45. The van der Waals surface area contributed by atoms with Crippen LogP contribution in [-0.4, -0.2) is 6.54 Å². The zero-order valence-electron chi connectivity index (χ0n) is 10.3. The molecule has 100 valence electrons. The van der Waals surface area contributed by atoms with Gasteiger partial charge in [0.1, 0.15) is 5.82 Å². The van der Waals surface area contributed by atoms with Gasteiger partial charge in [-0.15, -0.1) is 0 Å². The number of benzene rings is 2. The minimum atomic E-state index is -0.276. The van der Waals surface area contributed by atoms with Gasteiger partial charge in [-0.2, -0.15) is 0 Å². The van der Waals surface area contributed by atoms with E-state index in [0.29, 0.717) is 22.3 Å². The average Bonchev–Trinajstić information content (AvgIpc) is 2.38. The van der Waals surface area contributed by atoms with Crippen molar-refractivity contribution in [3.8, 4) is 0 Å². The minimum Gasteiger partial charge on any atom is -0.397 e. The predicted octanol–water partition coefficient (Wildman–Crippen LogP) is 4.87. The lowest BCUT2D eigenvalue weighted by atomic mass is 10.2. The van der Waals surface area contributed by atoms with E-state index in [1.165, 1.54) is 12.1 Å². The van der Waals surface area contributed by atoms with Crippen LogP contribution in [0.5, 0.6) is 0 Å². The van der Waals surface area contributed by atoms with E-state index in [1.807, 2.05) is 11.8 Å². The van der Waals surface area contributed by atoms with Crippen molar-refractivity contribution < 1.29 is 4.39 Å². The van der Waals surface area contributed by atoms with Crippen LogP contribution in [0.3, 0.4) is 0 Å². The lowest BCUT2D eigenvalue weighted by Gasteiger charge is -2.25. The molecule has 0 aromatic heterocycles. The van der Waals surface area contributed by atoms with Gasteiger partial charge in [-0.3, -0.25) is 0 Å². The Labute approximate surface area is 121 Å². The van der Waals surface area contributed by atoms with Crippen LogP contribution in [0.15, 0.2) is 36.4 Å². The maximum Gasteiger partial charge on any atom is 0.123 e. The molecule has 2 N–H and O–H groups in total. The monoisotopic (exact) mass is 298 g/mol. The highest BCUT2D eigenvalue weighted by Crippen LogP contribution is 2.36. The molecule has 0 saturated heterocycles. The van der Waals surface area contributed by atoms with Gasteiger partial charge in [0.15, 0.2) is 0 Å². The molecule has 19 heavy (non-hydrogen) atoms. The molecule has 0 aliphatic rings. The molecule has 5 heteroatoms. The normalized spacial score (nSPS) is 10.5. The number of nitrogens with zero attached hydrogens (tertiary/aromatic N) is 1. The van der Waals surface area contributed by atoms with E-state index >= 15 is 0 Å². The van der Waals surface area contributed by atoms with Gasteiger partial charge in [-0.05, 0) is 43.3 Å². The van der Waals surface area contributed by atoms with Crippen LogP contribution in [0.2, 0.25) is 10.0 Å². The third kappa shape index (κ3) is 2.94. The van der Waals surface area contributed by atoms with Crippen molar-refractivity contribution >= 4 is 40.3 Å². The lowest BCUT2D eigenvalue weighted by Crippen LogP contribution is -2.17. The molecule has 2 rings (SSSR count). The van der Waals surface area contributed by atoms with Gasteiger partial charge in [0.05, 0.1) is 21.4 Å². The fourth-order valence-corrected chi connectivity index (χ4v) is 2.23. The molecule has 0 atom stereocenters. The number of anilines is 3. The van der Waals surface area contributed by atoms with E-state index in [-0.39, 0.29) is 5.82 Å². The van der Waals surface area contributed by atoms with E-state index in [9.17, 15) is 4.39 Å². The molecule has 0 bridgehead atoms. The van der Waals surface area contributed by atoms with Crippen molar-refractivity contribution in [1.82, 2.24) is 0 Å². The van der Waals surface area contributed by atoms with E-state index in [2.05, 4.69) is 0 Å². The molecule has 0 saturated carbocycles. The molecule has 0 radical (unpaired) electrons. The maximum atomic E-state index is 13.0. The van der Waals surface area contributed by atoms with Gasteiger partial charge in [0.2, 0.25) is 0 Å². The fraction of sp³-hybridized carbons (Fsp3) is 0.143. The summed E-state index contributed by atoms with van der Waals surface area (Å²) in [6, 6.07) is 9.54. The van der Waals surface area contributed by atoms with Gasteiger partial charge < -0.3 is 10.6 Å². The molecule has 0 fully saturated rings. The summed E-state index contributed by atoms with van der Waals surface area (Å²) in [7, 11) is 0. The summed E-state index contributed by atoms with van der Waals surface area (Å²) in [5.74, 6) is -0.276. The van der Waals surface area contributed by atoms with Crippen molar-refractivity contribution in [2.45, 2.75) is 6.92 Å². The van der Waals surface area contributed by atoms with Crippen LogP contribution >= 0.6 is 23.2 Å². The van der Waals surface area contributed by atoms with Crippen LogP contribution < -0.4 is 10.6 Å². The van der Waals surface area contributed by atoms with E-state index in [4.69, 9.17) is 28.9 Å². The highest BCUT2D eigenvalue weighted by molar-refractivity contribution is 6.42. The Morgan fingerprint density at radius 2 is 1.68 bits per heavy atom. The van der Waals surface area contributed by atoms with Gasteiger partial charge in [0.25, 0.3) is 0 Å². The number of nitrogen functional groups attached to an aromatic ring is 1. The number of nitrogens with two attached hydrogens (primary N) is 1. The number of hydrogen-bond donors (Lipinski definition) is 1. The molecule has 0 unspecified atom stereocenters. The first-order chi connectivity index (χ1) is 9.02. The van der Waals surface area contributed by atoms with Crippen molar-refractivity contribution in [1.29, 1.82) is 0 Å². The zero-order chi connectivity index (χ0) is 14.0. The summed E-state index contributed by atoms with van der Waals surface area (Å²) in [6.07, 6.45) is 0. The third-order valence-electron chi connectivity index (χ3n) is 2.81. The molecule has 2 aromatic carbocycles. The zero-order valence-corrected chi connectivity index (χ0v) is 11.8. The van der Waals surface area contributed by atoms with Crippen LogP contribution in [0.25, 0.3) is 0 Å². The number of rotatable bonds is 3. The lowest BCUT2D eigenvalue weighted by molar-refractivity contribution is 0.628. The quantitative estimate of drug-likeness (QED) is 0.819. The van der Waals surface area contributed by atoms with Crippen LogP contribution in [-0.2, 0) is 0 Å². The summed E-state index contributed by atoms with van der Waals surface area (Å²) < 4.78 is 13.0. The molecular formula is C14H13Cl2FN2. The summed E-state index contributed by atoms with van der Waals surface area (Å²) >= 11 is 11.9. The molecule has 0 spiro atoms. The number of halogens is 3. The van der Waals surface area contributed by atoms with Gasteiger partial charge in [-0.25, -0.2) is 4.39 Å².